The first-order valence-electron chi connectivity index (χ1n) is 5.03. The molecule has 0 fully saturated rings. The van der Waals surface area contributed by atoms with Crippen molar-refractivity contribution >= 4 is 5.69 Å². The standard InChI is InChI=1S/C11H14N4/c1-3-10-13-11(15-14-10)8-6-4-5-7-9(8)12-2/h4-7,12H,3H2,1-2H3,(H,13,14,15). The Morgan fingerprint density at radius 2 is 2.13 bits per heavy atom. The van der Waals surface area contributed by atoms with E-state index >= 15 is 0 Å². The molecule has 0 atom stereocenters. The van der Waals surface area contributed by atoms with Crippen molar-refractivity contribution in [3.8, 4) is 11.4 Å². The monoisotopic (exact) mass is 202 g/mol. The fourth-order valence-electron chi connectivity index (χ4n) is 1.47. The van der Waals surface area contributed by atoms with E-state index in [2.05, 4.69) is 20.5 Å². The third kappa shape index (κ3) is 1.83. The van der Waals surface area contributed by atoms with Crippen LogP contribution in [0.25, 0.3) is 11.4 Å². The molecule has 2 aromatic rings. The smallest absolute Gasteiger partial charge is 0.183 e. The average molecular weight is 202 g/mol. The van der Waals surface area contributed by atoms with Gasteiger partial charge in [0.15, 0.2) is 5.82 Å². The number of nitrogens with one attached hydrogen (secondary N) is 2. The number of H-pyrrole nitrogens is 1. The molecule has 1 aromatic carbocycles. The first kappa shape index (κ1) is 9.71. The summed E-state index contributed by atoms with van der Waals surface area (Å²) in [6.45, 7) is 2.05. The molecule has 0 saturated carbocycles. The summed E-state index contributed by atoms with van der Waals surface area (Å²) >= 11 is 0. The van der Waals surface area contributed by atoms with E-state index in [0.29, 0.717) is 0 Å². The van der Waals surface area contributed by atoms with Crippen LogP contribution in [0.15, 0.2) is 24.3 Å². The Balaban J connectivity index is 2.44. The molecule has 1 aromatic heterocycles. The number of hydrogen-bond acceptors (Lipinski definition) is 3. The van der Waals surface area contributed by atoms with Gasteiger partial charge in [-0.1, -0.05) is 19.1 Å². The van der Waals surface area contributed by atoms with E-state index in [0.717, 1.165) is 29.3 Å². The van der Waals surface area contributed by atoms with E-state index in [1.54, 1.807) is 0 Å². The van der Waals surface area contributed by atoms with E-state index in [1.165, 1.54) is 0 Å². The Hall–Kier alpha value is -1.84. The zero-order valence-electron chi connectivity index (χ0n) is 8.91. The summed E-state index contributed by atoms with van der Waals surface area (Å²) in [7, 11) is 1.90. The minimum Gasteiger partial charge on any atom is -0.388 e. The fraction of sp³-hybridized carbons (Fsp3) is 0.273. The summed E-state index contributed by atoms with van der Waals surface area (Å²) in [5.74, 6) is 1.66. The van der Waals surface area contributed by atoms with E-state index < -0.39 is 0 Å². The van der Waals surface area contributed by atoms with Crippen LogP contribution in [0.4, 0.5) is 5.69 Å². The van der Waals surface area contributed by atoms with Gasteiger partial charge in [-0.05, 0) is 12.1 Å². The SMILES string of the molecule is CCc1nc(-c2ccccc2NC)n[nH]1. The minimum absolute atomic E-state index is 0.747. The van der Waals surface area contributed by atoms with Gasteiger partial charge in [0.05, 0.1) is 0 Å². The number of aromatic nitrogens is 3. The Kier molecular flexibility index (Phi) is 2.67. The van der Waals surface area contributed by atoms with Crippen molar-refractivity contribution in [3.63, 3.8) is 0 Å². The molecule has 4 heteroatoms. The Labute approximate surface area is 88.8 Å². The van der Waals surface area contributed by atoms with Crippen LogP contribution in [0.2, 0.25) is 0 Å². The lowest BCUT2D eigenvalue weighted by Crippen LogP contribution is -1.92. The van der Waals surface area contributed by atoms with Gasteiger partial charge >= 0.3 is 0 Å². The number of aromatic amines is 1. The topological polar surface area (TPSA) is 53.6 Å². The van der Waals surface area contributed by atoms with Crippen molar-refractivity contribution < 1.29 is 0 Å². The molecule has 1 heterocycles. The molecular weight excluding hydrogens is 188 g/mol. The second-order valence-electron chi connectivity index (χ2n) is 3.25. The van der Waals surface area contributed by atoms with Gasteiger partial charge in [0.1, 0.15) is 5.82 Å². The predicted molar refractivity (Wildman–Crippen MR) is 60.7 cm³/mol. The second kappa shape index (κ2) is 4.13. The van der Waals surface area contributed by atoms with Crippen molar-refractivity contribution in [2.45, 2.75) is 13.3 Å². The molecule has 0 radical (unpaired) electrons. The molecule has 0 bridgehead atoms. The van der Waals surface area contributed by atoms with Crippen molar-refractivity contribution in [1.82, 2.24) is 15.2 Å². The number of benzene rings is 1. The number of aryl methyl sites for hydroxylation is 1. The van der Waals surface area contributed by atoms with Gasteiger partial charge in [-0.2, -0.15) is 5.10 Å². The molecule has 0 aliphatic rings. The van der Waals surface area contributed by atoms with E-state index in [9.17, 15) is 0 Å². The molecule has 2 rings (SSSR count). The molecule has 15 heavy (non-hydrogen) atoms. The van der Waals surface area contributed by atoms with Gasteiger partial charge in [-0.25, -0.2) is 4.98 Å². The van der Waals surface area contributed by atoms with Crippen LogP contribution in [-0.4, -0.2) is 22.2 Å². The molecule has 78 valence electrons. The van der Waals surface area contributed by atoms with Crippen LogP contribution in [0, 0.1) is 0 Å². The maximum absolute atomic E-state index is 4.40. The van der Waals surface area contributed by atoms with Crippen LogP contribution < -0.4 is 5.32 Å². The van der Waals surface area contributed by atoms with Crippen molar-refractivity contribution in [2.24, 2.45) is 0 Å². The quantitative estimate of drug-likeness (QED) is 0.801. The van der Waals surface area contributed by atoms with Gasteiger partial charge in [0, 0.05) is 24.7 Å². The fourth-order valence-corrected chi connectivity index (χ4v) is 1.47. The number of hydrogen-bond donors (Lipinski definition) is 2. The van der Waals surface area contributed by atoms with Gasteiger partial charge in [0.2, 0.25) is 0 Å². The first-order chi connectivity index (χ1) is 7.35. The Morgan fingerprint density at radius 1 is 1.33 bits per heavy atom. The lowest BCUT2D eigenvalue weighted by Gasteiger charge is -2.04. The molecule has 0 unspecified atom stereocenters. The minimum atomic E-state index is 0.747. The summed E-state index contributed by atoms with van der Waals surface area (Å²) in [6, 6.07) is 7.99. The summed E-state index contributed by atoms with van der Waals surface area (Å²) in [6.07, 6.45) is 0.870. The summed E-state index contributed by atoms with van der Waals surface area (Å²) in [5, 5.41) is 10.2. The lowest BCUT2D eigenvalue weighted by molar-refractivity contribution is 0.946. The Bertz CT molecular complexity index is 447. The zero-order chi connectivity index (χ0) is 10.7. The van der Waals surface area contributed by atoms with Gasteiger partial charge in [-0.15, -0.1) is 0 Å². The second-order valence-corrected chi connectivity index (χ2v) is 3.25. The summed E-state index contributed by atoms with van der Waals surface area (Å²) < 4.78 is 0. The van der Waals surface area contributed by atoms with Gasteiger partial charge < -0.3 is 5.32 Å². The maximum atomic E-state index is 4.40. The van der Waals surface area contributed by atoms with E-state index in [4.69, 9.17) is 0 Å². The Morgan fingerprint density at radius 3 is 2.80 bits per heavy atom. The predicted octanol–water partition coefficient (Wildman–Crippen LogP) is 2.08. The lowest BCUT2D eigenvalue weighted by atomic mass is 10.1. The molecule has 0 aliphatic heterocycles. The molecule has 0 saturated heterocycles. The first-order valence-corrected chi connectivity index (χ1v) is 5.03. The van der Waals surface area contributed by atoms with Crippen LogP contribution in [0.3, 0.4) is 0 Å². The highest BCUT2D eigenvalue weighted by molar-refractivity contribution is 5.72. The maximum Gasteiger partial charge on any atom is 0.183 e. The summed E-state index contributed by atoms with van der Waals surface area (Å²) in [5.41, 5.74) is 2.06. The third-order valence-corrected chi connectivity index (χ3v) is 2.30. The molecule has 0 aliphatic carbocycles. The molecule has 4 nitrogen and oxygen atoms in total. The summed E-state index contributed by atoms with van der Waals surface area (Å²) in [4.78, 5) is 4.40. The van der Waals surface area contributed by atoms with Crippen LogP contribution in [-0.2, 0) is 6.42 Å². The third-order valence-electron chi connectivity index (χ3n) is 2.30. The number of para-hydroxylation sites is 1. The van der Waals surface area contributed by atoms with Crippen LogP contribution in [0.5, 0.6) is 0 Å². The number of anilines is 1. The molecular formula is C11H14N4. The van der Waals surface area contributed by atoms with Crippen molar-refractivity contribution in [3.05, 3.63) is 30.1 Å². The van der Waals surface area contributed by atoms with Crippen molar-refractivity contribution in [1.29, 1.82) is 0 Å². The largest absolute Gasteiger partial charge is 0.388 e. The molecule has 2 N–H and O–H groups in total. The van der Waals surface area contributed by atoms with Gasteiger partial charge in [0.25, 0.3) is 0 Å². The van der Waals surface area contributed by atoms with Crippen LogP contribution >= 0.6 is 0 Å². The highest BCUT2D eigenvalue weighted by Gasteiger charge is 2.07. The normalized spacial score (nSPS) is 10.3. The number of rotatable bonds is 3. The van der Waals surface area contributed by atoms with Crippen LogP contribution in [0.1, 0.15) is 12.7 Å². The van der Waals surface area contributed by atoms with Crippen molar-refractivity contribution in [2.75, 3.05) is 12.4 Å². The molecule has 0 spiro atoms. The van der Waals surface area contributed by atoms with E-state index in [-0.39, 0.29) is 0 Å². The van der Waals surface area contributed by atoms with Gasteiger partial charge in [-0.3, -0.25) is 5.10 Å². The van der Waals surface area contributed by atoms with E-state index in [1.807, 2.05) is 38.2 Å². The highest BCUT2D eigenvalue weighted by atomic mass is 15.2. The molecule has 0 amide bonds. The average Bonchev–Trinajstić information content (AvgIpc) is 2.77. The number of nitrogens with zero attached hydrogens (tertiary/aromatic N) is 2. The zero-order valence-corrected chi connectivity index (χ0v) is 8.91. The highest BCUT2D eigenvalue weighted by Crippen LogP contribution is 2.23.